The van der Waals surface area contributed by atoms with Gasteiger partial charge in [-0.3, -0.25) is 24.6 Å². The molecule has 1 aliphatic rings. The van der Waals surface area contributed by atoms with Crippen LogP contribution in [0.15, 0.2) is 17.8 Å². The van der Waals surface area contributed by atoms with E-state index in [1.54, 1.807) is 0 Å². The van der Waals surface area contributed by atoms with E-state index in [1.807, 2.05) is 5.32 Å². The van der Waals surface area contributed by atoms with Crippen LogP contribution in [0.25, 0.3) is 0 Å². The number of anilines is 1. The van der Waals surface area contributed by atoms with Gasteiger partial charge in [0.25, 0.3) is 17.5 Å². The molecule has 0 saturated carbocycles. The van der Waals surface area contributed by atoms with E-state index in [4.69, 9.17) is 10.2 Å². The van der Waals surface area contributed by atoms with Crippen molar-refractivity contribution in [2.75, 3.05) is 18.5 Å². The number of nitrogens with one attached hydrogen (secondary N) is 1. The minimum Gasteiger partial charge on any atom is -0.478 e. The molecule has 0 fully saturated rings. The number of carboxylic acid groups (broad SMARTS) is 1. The minimum atomic E-state index is -1.92. The van der Waals surface area contributed by atoms with Crippen molar-refractivity contribution in [3.63, 3.8) is 0 Å². The molecule has 0 spiro atoms. The number of halogens is 2. The number of amides is 2. The Balaban J connectivity index is 2.50. The smallest absolute Gasteiger partial charge is 0.339 e. The summed E-state index contributed by atoms with van der Waals surface area (Å²) in [6.07, 6.45) is 0.685. The predicted octanol–water partition coefficient (Wildman–Crippen LogP) is 0.228. The van der Waals surface area contributed by atoms with E-state index < -0.39 is 63.6 Å². The second-order valence-corrected chi connectivity index (χ2v) is 4.71. The van der Waals surface area contributed by atoms with E-state index in [1.165, 1.54) is 0 Å². The van der Waals surface area contributed by atoms with Crippen LogP contribution in [0, 0.1) is 21.7 Å². The molecule has 0 radical (unpaired) electrons. The van der Waals surface area contributed by atoms with Crippen molar-refractivity contribution in [2.45, 2.75) is 0 Å². The lowest BCUT2D eigenvalue weighted by Crippen LogP contribution is -2.34. The highest BCUT2D eigenvalue weighted by Crippen LogP contribution is 2.33. The standard InChI is InChI=1S/C13H9F2N3O7/c14-9-5(13(22)23)3-7(18(24)25)11(10(9)15)16-6-4-8(20)17(1-2-19)12(6)21/h3-4,16,19H,1-2H2,(H,22,23). The fourth-order valence-corrected chi connectivity index (χ4v) is 2.08. The topological polar surface area (TPSA) is 150 Å². The van der Waals surface area contributed by atoms with Crippen LogP contribution in [0.1, 0.15) is 10.4 Å². The maximum atomic E-state index is 14.1. The second-order valence-electron chi connectivity index (χ2n) is 4.71. The van der Waals surface area contributed by atoms with Crippen LogP contribution >= 0.6 is 0 Å². The largest absolute Gasteiger partial charge is 0.478 e. The van der Waals surface area contributed by atoms with Gasteiger partial charge in [0.2, 0.25) is 0 Å². The van der Waals surface area contributed by atoms with Crippen molar-refractivity contribution in [2.24, 2.45) is 0 Å². The van der Waals surface area contributed by atoms with Gasteiger partial charge in [0, 0.05) is 12.1 Å². The lowest BCUT2D eigenvalue weighted by Gasteiger charge is -2.14. The van der Waals surface area contributed by atoms with E-state index in [-0.39, 0.29) is 12.6 Å². The van der Waals surface area contributed by atoms with Crippen molar-refractivity contribution in [1.29, 1.82) is 0 Å². The Morgan fingerprint density at radius 1 is 1.32 bits per heavy atom. The minimum absolute atomic E-state index is 0.288. The van der Waals surface area contributed by atoms with Gasteiger partial charge in [-0.25, -0.2) is 13.6 Å². The highest BCUT2D eigenvalue weighted by molar-refractivity contribution is 6.17. The van der Waals surface area contributed by atoms with Crippen molar-refractivity contribution in [3.05, 3.63) is 45.2 Å². The molecule has 0 aromatic heterocycles. The number of aliphatic hydroxyl groups excluding tert-OH is 1. The number of nitrogens with zero attached hydrogens (tertiary/aromatic N) is 2. The zero-order chi connectivity index (χ0) is 18.9. The monoisotopic (exact) mass is 357 g/mol. The molecule has 0 bridgehead atoms. The van der Waals surface area contributed by atoms with Gasteiger partial charge >= 0.3 is 5.97 Å². The average Bonchev–Trinajstić information content (AvgIpc) is 2.79. The molecule has 132 valence electrons. The first kappa shape index (κ1) is 17.9. The molecule has 0 atom stereocenters. The van der Waals surface area contributed by atoms with Crippen LogP contribution in [0.2, 0.25) is 0 Å². The molecular formula is C13H9F2N3O7. The van der Waals surface area contributed by atoms with Crippen LogP contribution < -0.4 is 5.32 Å². The summed E-state index contributed by atoms with van der Waals surface area (Å²) in [5.41, 5.74) is -4.11. The zero-order valence-electron chi connectivity index (χ0n) is 12.2. The Morgan fingerprint density at radius 3 is 2.48 bits per heavy atom. The second kappa shape index (κ2) is 6.60. The summed E-state index contributed by atoms with van der Waals surface area (Å²) in [6.45, 7) is -0.911. The molecule has 2 rings (SSSR count). The summed E-state index contributed by atoms with van der Waals surface area (Å²) in [7, 11) is 0. The van der Waals surface area contributed by atoms with Crippen molar-refractivity contribution < 1.29 is 38.3 Å². The number of hydrogen-bond donors (Lipinski definition) is 3. The molecule has 1 aromatic rings. The Morgan fingerprint density at radius 2 is 1.96 bits per heavy atom. The first-order valence-corrected chi connectivity index (χ1v) is 6.54. The third-order valence-corrected chi connectivity index (χ3v) is 3.21. The zero-order valence-corrected chi connectivity index (χ0v) is 12.2. The van der Waals surface area contributed by atoms with Crippen LogP contribution in [0.4, 0.5) is 20.2 Å². The summed E-state index contributed by atoms with van der Waals surface area (Å²) in [5.74, 6) is -7.58. The fraction of sp³-hybridized carbons (Fsp3) is 0.154. The van der Waals surface area contributed by atoms with Gasteiger partial charge < -0.3 is 15.5 Å². The molecule has 1 aromatic carbocycles. The van der Waals surface area contributed by atoms with Gasteiger partial charge in [0.05, 0.1) is 18.1 Å². The molecule has 0 unspecified atom stereocenters. The van der Waals surface area contributed by atoms with Gasteiger partial charge in [0.1, 0.15) is 11.3 Å². The Bertz CT molecular complexity index is 837. The number of rotatable bonds is 6. The Labute approximate surface area is 137 Å². The van der Waals surface area contributed by atoms with E-state index in [9.17, 15) is 33.3 Å². The molecule has 2 amide bonds. The molecule has 3 N–H and O–H groups in total. The van der Waals surface area contributed by atoms with Crippen LogP contribution in [0.3, 0.4) is 0 Å². The number of benzene rings is 1. The highest BCUT2D eigenvalue weighted by atomic mass is 19.2. The van der Waals surface area contributed by atoms with Crippen molar-refractivity contribution in [1.82, 2.24) is 4.90 Å². The number of carboxylic acids is 1. The summed E-state index contributed by atoms with van der Waals surface area (Å²) < 4.78 is 27.9. The van der Waals surface area contributed by atoms with Crippen LogP contribution in [-0.2, 0) is 9.59 Å². The van der Waals surface area contributed by atoms with E-state index in [0.29, 0.717) is 11.0 Å². The first-order chi connectivity index (χ1) is 11.7. The summed E-state index contributed by atoms with van der Waals surface area (Å²) in [5, 5.41) is 30.5. The molecule has 12 heteroatoms. The number of aliphatic hydroxyl groups is 1. The molecular weight excluding hydrogens is 348 g/mol. The number of β-amino-alcohol motifs (C(OH)–C–C–N with tert-alkyl or cyclic N) is 1. The third-order valence-electron chi connectivity index (χ3n) is 3.21. The molecule has 0 aliphatic carbocycles. The van der Waals surface area contributed by atoms with Gasteiger partial charge in [-0.15, -0.1) is 0 Å². The summed E-state index contributed by atoms with van der Waals surface area (Å²) >= 11 is 0. The number of carbonyl (C=O) groups is 3. The van der Waals surface area contributed by atoms with Gasteiger partial charge in [-0.2, -0.15) is 0 Å². The highest BCUT2D eigenvalue weighted by Gasteiger charge is 2.34. The van der Waals surface area contributed by atoms with Gasteiger partial charge in [0.15, 0.2) is 17.3 Å². The van der Waals surface area contributed by atoms with E-state index in [2.05, 4.69) is 0 Å². The summed E-state index contributed by atoms with van der Waals surface area (Å²) in [4.78, 5) is 44.8. The number of imide groups is 1. The SMILES string of the molecule is O=C(O)c1cc([N+](=O)[O-])c(NC2=CC(=O)N(CCO)C2=O)c(F)c1F. The molecule has 25 heavy (non-hydrogen) atoms. The van der Waals surface area contributed by atoms with Crippen LogP contribution in [0.5, 0.6) is 0 Å². The summed E-state index contributed by atoms with van der Waals surface area (Å²) in [6, 6.07) is 0.288. The average molecular weight is 357 g/mol. The normalized spacial score (nSPS) is 13.9. The van der Waals surface area contributed by atoms with Crippen LogP contribution in [-0.4, -0.2) is 51.0 Å². The molecule has 10 nitrogen and oxygen atoms in total. The van der Waals surface area contributed by atoms with Gasteiger partial charge in [-0.05, 0) is 0 Å². The predicted molar refractivity (Wildman–Crippen MR) is 75.5 cm³/mol. The number of nitro benzene ring substituents is 1. The lowest BCUT2D eigenvalue weighted by atomic mass is 10.1. The van der Waals surface area contributed by atoms with E-state index in [0.717, 1.165) is 0 Å². The number of nitro groups is 1. The van der Waals surface area contributed by atoms with Crippen molar-refractivity contribution in [3.8, 4) is 0 Å². The van der Waals surface area contributed by atoms with E-state index >= 15 is 0 Å². The number of hydrogen-bond acceptors (Lipinski definition) is 7. The van der Waals surface area contributed by atoms with Gasteiger partial charge in [-0.1, -0.05) is 0 Å². The Hall–Kier alpha value is -3.41. The fourth-order valence-electron chi connectivity index (χ4n) is 2.08. The Kier molecular flexibility index (Phi) is 4.74. The molecule has 1 heterocycles. The maximum absolute atomic E-state index is 14.1. The first-order valence-electron chi connectivity index (χ1n) is 6.54. The molecule has 0 saturated heterocycles. The number of carbonyl (C=O) groups excluding carboxylic acids is 2. The quantitative estimate of drug-likeness (QED) is 0.372. The molecule has 1 aliphatic heterocycles. The third kappa shape index (κ3) is 3.14. The lowest BCUT2D eigenvalue weighted by molar-refractivity contribution is -0.384. The number of aromatic carboxylic acids is 1. The maximum Gasteiger partial charge on any atom is 0.339 e. The van der Waals surface area contributed by atoms with Crippen molar-refractivity contribution >= 4 is 29.2 Å².